The number of hydrogen-bond acceptors (Lipinski definition) is 3. The van der Waals surface area contributed by atoms with Crippen LogP contribution in [0.3, 0.4) is 0 Å². The number of Topliss-reactive ketones (excluding diaryl/α,β-unsaturated/α-hetero) is 1. The zero-order valence-electron chi connectivity index (χ0n) is 9.38. The van der Waals surface area contributed by atoms with Crippen molar-refractivity contribution in [2.75, 3.05) is 13.1 Å². The topological polar surface area (TPSA) is 46.9 Å². The molecule has 0 radical (unpaired) electrons. The standard InChI is InChI=1S/C11H14ClN3O/c1-4-5-13-7-9(16)6-10-11(12)8(2)14-15(10)3/h1,13H,5-7H2,2-3H3. The summed E-state index contributed by atoms with van der Waals surface area (Å²) in [5.74, 6) is 2.45. The summed E-state index contributed by atoms with van der Waals surface area (Å²) in [6.07, 6.45) is 5.33. The molecule has 0 unspecified atom stereocenters. The van der Waals surface area contributed by atoms with Gasteiger partial charge in [-0.2, -0.15) is 5.10 Å². The summed E-state index contributed by atoms with van der Waals surface area (Å²) < 4.78 is 1.64. The van der Waals surface area contributed by atoms with Gasteiger partial charge in [0.15, 0.2) is 5.78 Å². The molecule has 0 aliphatic carbocycles. The average molecular weight is 240 g/mol. The van der Waals surface area contributed by atoms with Crippen LogP contribution in [0.1, 0.15) is 11.4 Å². The highest BCUT2D eigenvalue weighted by Gasteiger charge is 2.14. The minimum Gasteiger partial charge on any atom is -0.299 e. The van der Waals surface area contributed by atoms with Gasteiger partial charge < -0.3 is 0 Å². The van der Waals surface area contributed by atoms with Crippen molar-refractivity contribution in [1.29, 1.82) is 0 Å². The molecule has 0 saturated carbocycles. The van der Waals surface area contributed by atoms with E-state index in [9.17, 15) is 4.79 Å². The summed E-state index contributed by atoms with van der Waals surface area (Å²) in [6.45, 7) is 2.46. The Hall–Kier alpha value is -1.31. The van der Waals surface area contributed by atoms with Crippen LogP contribution in [-0.2, 0) is 18.3 Å². The molecule has 1 aromatic heterocycles. The van der Waals surface area contributed by atoms with Crippen LogP contribution in [0.25, 0.3) is 0 Å². The summed E-state index contributed by atoms with van der Waals surface area (Å²) in [4.78, 5) is 11.6. The van der Waals surface area contributed by atoms with Gasteiger partial charge in [-0.3, -0.25) is 14.8 Å². The minimum absolute atomic E-state index is 0.0418. The first-order valence-corrected chi connectivity index (χ1v) is 5.28. The third-order valence-electron chi connectivity index (χ3n) is 2.18. The highest BCUT2D eigenvalue weighted by Crippen LogP contribution is 2.19. The van der Waals surface area contributed by atoms with E-state index in [4.69, 9.17) is 18.0 Å². The van der Waals surface area contributed by atoms with Gasteiger partial charge in [0.05, 0.1) is 35.9 Å². The predicted molar refractivity (Wildman–Crippen MR) is 63.4 cm³/mol. The van der Waals surface area contributed by atoms with E-state index < -0.39 is 0 Å². The van der Waals surface area contributed by atoms with Crippen molar-refractivity contribution in [2.24, 2.45) is 7.05 Å². The van der Waals surface area contributed by atoms with Crippen LogP contribution >= 0.6 is 11.6 Å². The number of terminal acetylenes is 1. The number of carbonyl (C=O) groups excluding carboxylic acids is 1. The van der Waals surface area contributed by atoms with Crippen molar-refractivity contribution in [1.82, 2.24) is 15.1 Å². The second-order valence-electron chi connectivity index (χ2n) is 3.49. The molecule has 0 fully saturated rings. The zero-order valence-corrected chi connectivity index (χ0v) is 10.1. The van der Waals surface area contributed by atoms with Gasteiger partial charge in [-0.1, -0.05) is 17.5 Å². The van der Waals surface area contributed by atoms with Crippen molar-refractivity contribution in [2.45, 2.75) is 13.3 Å². The van der Waals surface area contributed by atoms with Crippen molar-refractivity contribution in [3.05, 3.63) is 16.4 Å². The number of nitrogens with zero attached hydrogens (tertiary/aromatic N) is 2. The van der Waals surface area contributed by atoms with E-state index in [1.54, 1.807) is 11.7 Å². The molecule has 1 N–H and O–H groups in total. The largest absolute Gasteiger partial charge is 0.299 e. The lowest BCUT2D eigenvalue weighted by atomic mass is 10.2. The molecule has 16 heavy (non-hydrogen) atoms. The Morgan fingerprint density at radius 2 is 2.38 bits per heavy atom. The molecule has 1 aromatic rings. The van der Waals surface area contributed by atoms with Crippen LogP contribution < -0.4 is 5.32 Å². The molecule has 1 rings (SSSR count). The summed E-state index contributed by atoms with van der Waals surface area (Å²) in [7, 11) is 1.77. The van der Waals surface area contributed by atoms with Crippen LogP contribution in [0.15, 0.2) is 0 Å². The lowest BCUT2D eigenvalue weighted by Gasteiger charge is -2.02. The second kappa shape index (κ2) is 5.69. The Morgan fingerprint density at radius 3 is 2.88 bits per heavy atom. The Bertz CT molecular complexity index is 431. The third kappa shape index (κ3) is 3.09. The molecule has 0 bridgehead atoms. The van der Waals surface area contributed by atoms with Crippen molar-refractivity contribution in [3.8, 4) is 12.3 Å². The summed E-state index contributed by atoms with van der Waals surface area (Å²) in [5, 5.41) is 7.55. The summed E-state index contributed by atoms with van der Waals surface area (Å²) >= 11 is 6.03. The van der Waals surface area contributed by atoms with Gasteiger partial charge in [-0.15, -0.1) is 6.42 Å². The van der Waals surface area contributed by atoms with E-state index in [-0.39, 0.29) is 18.7 Å². The Kier molecular flexibility index (Phi) is 4.53. The normalized spacial score (nSPS) is 10.1. The molecular formula is C11H14ClN3O. The smallest absolute Gasteiger partial charge is 0.152 e. The minimum atomic E-state index is 0.0418. The van der Waals surface area contributed by atoms with E-state index in [0.29, 0.717) is 11.6 Å². The highest BCUT2D eigenvalue weighted by molar-refractivity contribution is 6.32. The van der Waals surface area contributed by atoms with Gasteiger partial charge in [0, 0.05) is 7.05 Å². The molecule has 0 aliphatic heterocycles. The monoisotopic (exact) mass is 239 g/mol. The van der Waals surface area contributed by atoms with Crippen LogP contribution in [0, 0.1) is 19.3 Å². The first-order chi connectivity index (χ1) is 7.56. The van der Waals surface area contributed by atoms with E-state index in [2.05, 4.69) is 16.3 Å². The van der Waals surface area contributed by atoms with E-state index >= 15 is 0 Å². The third-order valence-corrected chi connectivity index (χ3v) is 2.67. The maximum atomic E-state index is 11.6. The number of carbonyl (C=O) groups is 1. The fraction of sp³-hybridized carbons (Fsp3) is 0.455. The SMILES string of the molecule is C#CCNCC(=O)Cc1c(Cl)c(C)nn1C. The van der Waals surface area contributed by atoms with Gasteiger partial charge in [-0.05, 0) is 6.92 Å². The molecule has 0 amide bonds. The van der Waals surface area contributed by atoms with Crippen molar-refractivity contribution in [3.63, 3.8) is 0 Å². The van der Waals surface area contributed by atoms with Crippen LogP contribution in [0.5, 0.6) is 0 Å². The summed E-state index contributed by atoms with van der Waals surface area (Å²) in [6, 6.07) is 0. The first kappa shape index (κ1) is 12.8. The lowest BCUT2D eigenvalue weighted by molar-refractivity contribution is -0.117. The van der Waals surface area contributed by atoms with Gasteiger partial charge in [0.1, 0.15) is 0 Å². The molecule has 0 atom stereocenters. The van der Waals surface area contributed by atoms with Gasteiger partial charge >= 0.3 is 0 Å². The lowest BCUT2D eigenvalue weighted by Crippen LogP contribution is -2.25. The molecule has 0 aromatic carbocycles. The average Bonchev–Trinajstić information content (AvgIpc) is 2.46. The molecule has 5 heteroatoms. The molecule has 1 heterocycles. The maximum absolute atomic E-state index is 11.6. The quantitative estimate of drug-likeness (QED) is 0.608. The molecule has 0 aliphatic rings. The van der Waals surface area contributed by atoms with E-state index in [1.807, 2.05) is 6.92 Å². The molecule has 86 valence electrons. The molecule has 4 nitrogen and oxygen atoms in total. The van der Waals surface area contributed by atoms with Crippen LogP contribution in [-0.4, -0.2) is 28.7 Å². The number of rotatable bonds is 5. The Labute approximate surface area is 100.0 Å². The molecule has 0 spiro atoms. The highest BCUT2D eigenvalue weighted by atomic mass is 35.5. The van der Waals surface area contributed by atoms with Crippen molar-refractivity contribution < 1.29 is 4.79 Å². The maximum Gasteiger partial charge on any atom is 0.152 e. The number of aryl methyl sites for hydroxylation is 2. The summed E-state index contributed by atoms with van der Waals surface area (Å²) in [5.41, 5.74) is 1.48. The Balaban J connectivity index is 2.60. The molecular weight excluding hydrogens is 226 g/mol. The van der Waals surface area contributed by atoms with Crippen molar-refractivity contribution >= 4 is 17.4 Å². The zero-order chi connectivity index (χ0) is 12.1. The van der Waals surface area contributed by atoms with Crippen LogP contribution in [0.4, 0.5) is 0 Å². The number of nitrogens with one attached hydrogen (secondary N) is 1. The van der Waals surface area contributed by atoms with E-state index in [1.165, 1.54) is 0 Å². The van der Waals surface area contributed by atoms with Gasteiger partial charge in [0.2, 0.25) is 0 Å². The molecule has 0 saturated heterocycles. The van der Waals surface area contributed by atoms with E-state index in [0.717, 1.165) is 11.4 Å². The second-order valence-corrected chi connectivity index (χ2v) is 3.87. The van der Waals surface area contributed by atoms with Gasteiger partial charge in [-0.25, -0.2) is 0 Å². The Morgan fingerprint density at radius 1 is 1.69 bits per heavy atom. The first-order valence-electron chi connectivity index (χ1n) is 4.90. The number of halogens is 1. The van der Waals surface area contributed by atoms with Crippen LogP contribution in [0.2, 0.25) is 5.02 Å². The fourth-order valence-electron chi connectivity index (χ4n) is 1.40. The number of hydrogen-bond donors (Lipinski definition) is 1. The fourth-order valence-corrected chi connectivity index (χ4v) is 1.62. The number of ketones is 1. The predicted octanol–water partition coefficient (Wildman–Crippen LogP) is 0.716. The number of aromatic nitrogens is 2. The van der Waals surface area contributed by atoms with Gasteiger partial charge in [0.25, 0.3) is 0 Å².